The second-order valence-electron chi connectivity index (χ2n) is 25.4. The van der Waals surface area contributed by atoms with E-state index < -0.39 is 92.7 Å². The molecule has 8 nitrogen and oxygen atoms in total. The summed E-state index contributed by atoms with van der Waals surface area (Å²) < 4.78 is 53.2. The lowest BCUT2D eigenvalue weighted by atomic mass is 9.99. The van der Waals surface area contributed by atoms with Gasteiger partial charge in [-0.25, -0.2) is 0 Å². The Morgan fingerprint density at radius 2 is 0.514 bits per heavy atom. The van der Waals surface area contributed by atoms with Crippen molar-refractivity contribution in [1.29, 1.82) is 0 Å². The van der Waals surface area contributed by atoms with Crippen LogP contribution in [-0.4, -0.2) is 92.7 Å². The van der Waals surface area contributed by atoms with Gasteiger partial charge in [-0.1, -0.05) is 143 Å². The Morgan fingerprint density at radius 3 is 0.764 bits per heavy atom. The van der Waals surface area contributed by atoms with Crippen LogP contribution in [0.3, 0.4) is 0 Å². The van der Waals surface area contributed by atoms with Crippen molar-refractivity contribution in [3.63, 3.8) is 0 Å². The monoisotopic (exact) mass is 1210 g/mol. The standard InChI is InChI=1S/C20H46O3Si4.C15H32O3Si4.C8H24O2Si3.10CH4/c1-24(2,3)21-26(7,8)23-27(22-25(4,5)6,19-15-11-9-12-16-19)20-17-13-10-14-18-20;1-19(2,3)16-21(7,8)18-22(9,17-20(4,5)6)15-13-11-10-12-14-15;1-11(2,3)9-13(7,8)10-12(4,5)6;;;;;;;;;;/h19-20H,9-18H2,1-8H3;10-14H,1-9H3;1-8H3;10*1H4. The van der Waals surface area contributed by atoms with Crippen LogP contribution in [-0.2, 0) is 32.9 Å². The van der Waals surface area contributed by atoms with Gasteiger partial charge in [-0.05, 0) is 195 Å². The predicted octanol–water partition coefficient (Wildman–Crippen LogP) is 21.7. The van der Waals surface area contributed by atoms with Gasteiger partial charge in [0.15, 0.2) is 49.9 Å². The van der Waals surface area contributed by atoms with Gasteiger partial charge in [0.1, 0.15) is 0 Å². The lowest BCUT2D eigenvalue weighted by Gasteiger charge is -2.52. The molecule has 2 fully saturated rings. The highest BCUT2D eigenvalue weighted by Crippen LogP contribution is 2.51. The van der Waals surface area contributed by atoms with Crippen LogP contribution in [0.25, 0.3) is 0 Å². The molecular weight excluding hydrogens is 1070 g/mol. The largest absolute Gasteiger partial charge is 0.437 e. The molecule has 0 radical (unpaired) electrons. The second-order valence-corrected chi connectivity index (χ2v) is 71.2. The number of hydrogen-bond acceptors (Lipinski definition) is 8. The molecule has 19 heteroatoms. The Hall–Kier alpha value is 1.29. The van der Waals surface area contributed by atoms with Crippen molar-refractivity contribution in [2.75, 3.05) is 0 Å². The summed E-state index contributed by atoms with van der Waals surface area (Å²) in [5.41, 5.74) is 1.36. The zero-order valence-corrected chi connectivity index (χ0v) is 56.4. The van der Waals surface area contributed by atoms with Crippen molar-refractivity contribution in [3.8, 4) is 0 Å². The van der Waals surface area contributed by atoms with Crippen molar-refractivity contribution in [3.05, 3.63) is 30.3 Å². The van der Waals surface area contributed by atoms with E-state index in [9.17, 15) is 0 Å². The van der Waals surface area contributed by atoms with Gasteiger partial charge in [0.2, 0.25) is 0 Å². The molecule has 0 aliphatic heterocycles. The zero-order chi connectivity index (χ0) is 48.5. The minimum atomic E-state index is -2.48. The number of rotatable bonds is 19. The molecule has 2 aliphatic carbocycles. The lowest BCUT2D eigenvalue weighted by Crippen LogP contribution is -2.63. The fourth-order valence-corrected chi connectivity index (χ4v) is 58.6. The van der Waals surface area contributed by atoms with Gasteiger partial charge in [0, 0.05) is 11.1 Å². The Morgan fingerprint density at radius 1 is 0.278 bits per heavy atom. The molecule has 1 unspecified atom stereocenters. The Balaban J connectivity index is -0.0000000981. The summed E-state index contributed by atoms with van der Waals surface area (Å²) in [6.45, 7) is 56.0. The first-order chi connectivity index (χ1) is 27.5. The third kappa shape index (κ3) is 42.3. The third-order valence-electron chi connectivity index (χ3n) is 9.67. The van der Waals surface area contributed by atoms with Gasteiger partial charge in [-0.2, -0.15) is 0 Å². The smallest absolute Gasteiger partial charge is 0.350 e. The summed E-state index contributed by atoms with van der Waals surface area (Å²) in [5, 5.41) is 1.19. The molecule has 0 heterocycles. The molecule has 0 amide bonds. The van der Waals surface area contributed by atoms with Gasteiger partial charge >= 0.3 is 42.8 Å². The van der Waals surface area contributed by atoms with Crippen molar-refractivity contribution in [1.82, 2.24) is 0 Å². The van der Waals surface area contributed by atoms with Gasteiger partial charge < -0.3 is 32.9 Å². The van der Waals surface area contributed by atoms with E-state index in [0.29, 0.717) is 11.1 Å². The van der Waals surface area contributed by atoms with Crippen LogP contribution in [0, 0.1) is 0 Å². The highest BCUT2D eigenvalue weighted by Gasteiger charge is 2.57. The first kappa shape index (κ1) is 95.6. The van der Waals surface area contributed by atoms with E-state index in [1.165, 1.54) is 69.4 Å². The van der Waals surface area contributed by atoms with E-state index in [4.69, 9.17) is 32.9 Å². The molecule has 3 rings (SSSR count). The van der Waals surface area contributed by atoms with Crippen molar-refractivity contribution < 1.29 is 32.9 Å². The highest BCUT2D eigenvalue weighted by molar-refractivity contribution is 6.95. The highest BCUT2D eigenvalue weighted by atomic mass is 28.5. The van der Waals surface area contributed by atoms with Crippen LogP contribution in [0.5, 0.6) is 0 Å². The predicted molar refractivity (Wildman–Crippen MR) is 366 cm³/mol. The van der Waals surface area contributed by atoms with Gasteiger partial charge in [0.25, 0.3) is 0 Å². The maximum atomic E-state index is 7.36. The van der Waals surface area contributed by atoms with Crippen molar-refractivity contribution in [2.24, 2.45) is 0 Å². The van der Waals surface area contributed by atoms with Crippen LogP contribution in [0.1, 0.15) is 138 Å². The summed E-state index contributed by atoms with van der Waals surface area (Å²) >= 11 is 0. The number of benzene rings is 1. The zero-order valence-electron chi connectivity index (χ0n) is 45.4. The molecule has 0 N–H and O–H groups in total. The summed E-state index contributed by atoms with van der Waals surface area (Å²) in [4.78, 5) is 0. The molecule has 446 valence electrons. The molecule has 1 atom stereocenters. The lowest BCUT2D eigenvalue weighted by molar-refractivity contribution is 0.258. The molecule has 0 spiro atoms. The van der Waals surface area contributed by atoms with Gasteiger partial charge in [0.05, 0.1) is 0 Å². The molecule has 2 saturated carbocycles. The van der Waals surface area contributed by atoms with E-state index in [1.807, 2.05) is 6.07 Å². The number of hydrogen-bond donors (Lipinski definition) is 0. The SMILES string of the molecule is C.C.C.C.C.C.C.C.C.C.C[Si](C)(C)O[Si](C)(C)O[Si](C)(C)C.C[Si](C)(C)O[Si](C)(C)O[Si](C)(O[Si](C)(C)C)c1ccccc1.C[Si](C)(C)O[Si](C)(C)O[Si](O[Si](C)(C)C)(C1CCCCC1)C1CCCCC1. The first-order valence-electron chi connectivity index (χ1n) is 24.1. The van der Waals surface area contributed by atoms with Crippen molar-refractivity contribution in [2.45, 2.75) is 313 Å². The second kappa shape index (κ2) is 37.3. The van der Waals surface area contributed by atoms with Crippen LogP contribution in [0.2, 0.25) is 175 Å². The van der Waals surface area contributed by atoms with Crippen LogP contribution < -0.4 is 5.19 Å². The maximum absolute atomic E-state index is 7.36. The fourth-order valence-electron chi connectivity index (χ4n) is 9.51. The fraction of sp³-hybridized carbons (Fsp3) is 0.887. The summed E-state index contributed by atoms with van der Waals surface area (Å²) in [5.74, 6) is 0. The van der Waals surface area contributed by atoms with Crippen LogP contribution >= 0.6 is 0 Å². The molecular formula is C53H142O8Si11. The Labute approximate surface area is 471 Å². The average Bonchev–Trinajstić information content (AvgIpc) is 2.99. The minimum absolute atomic E-state index is 0. The van der Waals surface area contributed by atoms with E-state index >= 15 is 0 Å². The quantitative estimate of drug-likeness (QED) is 0.127. The molecule has 72 heavy (non-hydrogen) atoms. The topological polar surface area (TPSA) is 73.8 Å². The van der Waals surface area contributed by atoms with E-state index in [-0.39, 0.29) is 74.3 Å². The molecule has 1 aromatic carbocycles. The average molecular weight is 1220 g/mol. The van der Waals surface area contributed by atoms with Crippen LogP contribution in [0.15, 0.2) is 30.3 Å². The third-order valence-corrected chi connectivity index (χ3v) is 46.6. The summed E-state index contributed by atoms with van der Waals surface area (Å²) in [6, 6.07) is 10.4. The first-order valence-corrected chi connectivity index (χ1v) is 57.3. The van der Waals surface area contributed by atoms with Crippen molar-refractivity contribution >= 4 is 97.9 Å². The Bertz CT molecular complexity index is 1400. The summed E-state index contributed by atoms with van der Waals surface area (Å²) in [7, 11) is -20.7. The normalized spacial score (nSPS) is 16.0. The Kier molecular flexibility index (Phi) is 49.5. The minimum Gasteiger partial charge on any atom is -0.437 e. The van der Waals surface area contributed by atoms with Gasteiger partial charge in [-0.3, -0.25) is 0 Å². The maximum Gasteiger partial charge on any atom is 0.350 e. The molecule has 2 aliphatic rings. The van der Waals surface area contributed by atoms with Crippen LogP contribution in [0.4, 0.5) is 0 Å². The molecule has 0 aromatic heterocycles. The molecule has 1 aromatic rings. The van der Waals surface area contributed by atoms with E-state index in [1.54, 1.807) is 0 Å². The summed E-state index contributed by atoms with van der Waals surface area (Å²) in [6.07, 6.45) is 13.5. The molecule has 0 bridgehead atoms. The van der Waals surface area contributed by atoms with E-state index in [2.05, 4.69) is 188 Å². The van der Waals surface area contributed by atoms with E-state index in [0.717, 1.165) is 0 Å². The van der Waals surface area contributed by atoms with Gasteiger partial charge in [-0.15, -0.1) is 0 Å². The molecule has 0 saturated heterocycles.